The van der Waals surface area contributed by atoms with Crippen LogP contribution in [-0.4, -0.2) is 18.8 Å². The van der Waals surface area contributed by atoms with Crippen molar-refractivity contribution >= 4 is 40.2 Å². The molecular formula is C10H12NO2S2+. The van der Waals surface area contributed by atoms with Crippen molar-refractivity contribution in [2.45, 2.75) is 6.92 Å². The summed E-state index contributed by atoms with van der Waals surface area (Å²) in [6.45, 7) is 2.24. The number of thiophene rings is 1. The molecule has 0 radical (unpaired) electrons. The molecule has 0 bridgehead atoms. The summed E-state index contributed by atoms with van der Waals surface area (Å²) in [4.78, 5) is 13.5. The molecule has 3 nitrogen and oxygen atoms in total. The highest BCUT2D eigenvalue weighted by atomic mass is 32.2. The van der Waals surface area contributed by atoms with Crippen LogP contribution in [0, 0.1) is 0 Å². The first kappa shape index (κ1) is 10.6. The quantitative estimate of drug-likeness (QED) is 0.638. The molecule has 1 aliphatic rings. The number of ether oxygens (including phenoxy) is 1. The van der Waals surface area contributed by atoms with Crippen LogP contribution in [0.25, 0.3) is 6.08 Å². The summed E-state index contributed by atoms with van der Waals surface area (Å²) in [6, 6.07) is 2.03. The first-order valence-corrected chi connectivity index (χ1v) is 7.12. The zero-order valence-electron chi connectivity index (χ0n) is 8.57. The number of esters is 1. The van der Waals surface area contributed by atoms with E-state index in [0.717, 1.165) is 15.5 Å². The van der Waals surface area contributed by atoms with E-state index in [1.54, 1.807) is 11.3 Å². The van der Waals surface area contributed by atoms with Gasteiger partial charge in [0.05, 0.1) is 11.5 Å². The maximum atomic E-state index is 11.6. The molecule has 2 heterocycles. The highest BCUT2D eigenvalue weighted by Gasteiger charge is 2.33. The maximum Gasteiger partial charge on any atom is 0.389 e. The Balaban J connectivity index is 2.29. The number of nitrogens with one attached hydrogen (secondary N) is 1. The van der Waals surface area contributed by atoms with Crippen LogP contribution in [0.3, 0.4) is 0 Å². The molecule has 0 fully saturated rings. The lowest BCUT2D eigenvalue weighted by Crippen LogP contribution is -2.23. The molecule has 0 aromatic carbocycles. The van der Waals surface area contributed by atoms with Crippen molar-refractivity contribution in [2.75, 3.05) is 17.6 Å². The van der Waals surface area contributed by atoms with Crippen LogP contribution < -0.4 is 4.72 Å². The number of hydrogen-bond donors (Lipinski definition) is 1. The molecule has 80 valence electrons. The number of carbonyl (C=O) groups excluding carboxylic acids is 1. The summed E-state index contributed by atoms with van der Waals surface area (Å²) in [7, 11) is 0. The average molecular weight is 242 g/mol. The summed E-state index contributed by atoms with van der Waals surface area (Å²) < 4.78 is 8.31. The SMILES string of the molecule is CCOC(=O)C1=Cc2sccc2N[S+]1C. The summed E-state index contributed by atoms with van der Waals surface area (Å²) in [5.74, 6) is -0.213. The van der Waals surface area contributed by atoms with Crippen LogP contribution >= 0.6 is 11.3 Å². The Morgan fingerprint density at radius 1 is 1.67 bits per heavy atom. The minimum absolute atomic E-state index is 0.213. The third-order valence-corrected chi connectivity index (χ3v) is 4.36. The van der Waals surface area contributed by atoms with Crippen LogP contribution in [0.15, 0.2) is 16.4 Å². The molecule has 1 aromatic rings. The lowest BCUT2D eigenvalue weighted by Gasteiger charge is -2.12. The summed E-state index contributed by atoms with van der Waals surface area (Å²) in [6.07, 6.45) is 3.92. The van der Waals surface area contributed by atoms with E-state index in [4.69, 9.17) is 4.74 Å². The van der Waals surface area contributed by atoms with Gasteiger partial charge < -0.3 is 4.74 Å². The number of carbonyl (C=O) groups is 1. The van der Waals surface area contributed by atoms with E-state index < -0.39 is 0 Å². The van der Waals surface area contributed by atoms with Crippen molar-refractivity contribution in [3.63, 3.8) is 0 Å². The van der Waals surface area contributed by atoms with E-state index in [-0.39, 0.29) is 17.1 Å². The molecule has 2 rings (SSSR count). The summed E-state index contributed by atoms with van der Waals surface area (Å²) in [5.41, 5.74) is 1.11. The molecular weight excluding hydrogens is 230 g/mol. The van der Waals surface area contributed by atoms with Gasteiger partial charge in [-0.05, 0) is 18.4 Å². The molecule has 1 N–H and O–H groups in total. The molecule has 0 spiro atoms. The maximum absolute atomic E-state index is 11.6. The highest BCUT2D eigenvalue weighted by molar-refractivity contribution is 8.02. The van der Waals surface area contributed by atoms with Crippen LogP contribution in [0.1, 0.15) is 11.8 Å². The fraction of sp³-hybridized carbons (Fsp3) is 0.300. The van der Waals surface area contributed by atoms with Crippen molar-refractivity contribution in [3.8, 4) is 0 Å². The average Bonchev–Trinajstić information content (AvgIpc) is 2.63. The van der Waals surface area contributed by atoms with Gasteiger partial charge >= 0.3 is 5.97 Å². The van der Waals surface area contributed by atoms with Crippen LogP contribution in [0.2, 0.25) is 0 Å². The second-order valence-corrected chi connectivity index (χ2v) is 5.65. The molecule has 1 unspecified atom stereocenters. The summed E-state index contributed by atoms with van der Waals surface area (Å²) in [5, 5.41) is 2.01. The van der Waals surface area contributed by atoms with Crippen molar-refractivity contribution in [3.05, 3.63) is 21.2 Å². The van der Waals surface area contributed by atoms with Gasteiger partial charge in [-0.15, -0.1) is 11.3 Å². The fourth-order valence-corrected chi connectivity index (χ4v) is 3.47. The Bertz CT molecular complexity index is 411. The number of fused-ring (bicyclic) bond motifs is 1. The van der Waals surface area contributed by atoms with Crippen LogP contribution in [0.5, 0.6) is 0 Å². The predicted octanol–water partition coefficient (Wildman–Crippen LogP) is 2.24. The van der Waals surface area contributed by atoms with Crippen LogP contribution in [0.4, 0.5) is 5.69 Å². The van der Waals surface area contributed by atoms with Crippen molar-refractivity contribution in [1.29, 1.82) is 0 Å². The normalized spacial score (nSPS) is 18.8. The third-order valence-electron chi connectivity index (χ3n) is 2.03. The van der Waals surface area contributed by atoms with Gasteiger partial charge in [-0.2, -0.15) is 0 Å². The Labute approximate surface area is 95.6 Å². The molecule has 0 saturated heterocycles. The monoisotopic (exact) mass is 242 g/mol. The zero-order chi connectivity index (χ0) is 10.8. The lowest BCUT2D eigenvalue weighted by molar-refractivity contribution is -0.137. The minimum atomic E-state index is -0.256. The fourth-order valence-electron chi connectivity index (χ4n) is 1.33. The first-order valence-electron chi connectivity index (χ1n) is 4.61. The van der Waals surface area contributed by atoms with Crippen molar-refractivity contribution in [1.82, 2.24) is 0 Å². The Hall–Kier alpha value is -0.940. The van der Waals surface area contributed by atoms with E-state index in [9.17, 15) is 4.79 Å². The van der Waals surface area contributed by atoms with Gasteiger partial charge in [0, 0.05) is 6.08 Å². The second kappa shape index (κ2) is 4.28. The van der Waals surface area contributed by atoms with E-state index >= 15 is 0 Å². The topological polar surface area (TPSA) is 38.3 Å². The zero-order valence-corrected chi connectivity index (χ0v) is 10.2. The van der Waals surface area contributed by atoms with Gasteiger partial charge in [0.2, 0.25) is 0 Å². The number of rotatable bonds is 2. The van der Waals surface area contributed by atoms with Gasteiger partial charge in [0.1, 0.15) is 23.0 Å². The van der Waals surface area contributed by atoms with Gasteiger partial charge in [-0.3, -0.25) is 0 Å². The molecule has 0 saturated carbocycles. The van der Waals surface area contributed by atoms with Gasteiger partial charge in [-0.1, -0.05) is 0 Å². The highest BCUT2D eigenvalue weighted by Crippen LogP contribution is 2.32. The molecule has 0 aliphatic carbocycles. The van der Waals surface area contributed by atoms with E-state index in [1.165, 1.54) is 0 Å². The Morgan fingerprint density at radius 2 is 2.47 bits per heavy atom. The summed E-state index contributed by atoms with van der Waals surface area (Å²) >= 11 is 1.37. The predicted molar refractivity (Wildman–Crippen MR) is 65.8 cm³/mol. The molecule has 1 aliphatic heterocycles. The molecule has 1 atom stereocenters. The standard InChI is InChI=1S/C10H11NO2S2/c1-3-13-10(12)9-6-8-7(4-5-14-8)11-15(9)2/h4-6H,3H2,1-2H3/p+1. The van der Waals surface area contributed by atoms with E-state index in [1.807, 2.05) is 30.7 Å². The smallest absolute Gasteiger partial charge is 0.389 e. The van der Waals surface area contributed by atoms with E-state index in [0.29, 0.717) is 6.61 Å². The minimum Gasteiger partial charge on any atom is -0.459 e. The molecule has 1 aromatic heterocycles. The number of anilines is 1. The van der Waals surface area contributed by atoms with Crippen molar-refractivity contribution < 1.29 is 9.53 Å². The Morgan fingerprint density at radius 3 is 3.20 bits per heavy atom. The van der Waals surface area contributed by atoms with Gasteiger partial charge in [0.15, 0.2) is 0 Å². The molecule has 15 heavy (non-hydrogen) atoms. The Kier molecular flexibility index (Phi) is 3.02. The van der Waals surface area contributed by atoms with Gasteiger partial charge in [-0.25, -0.2) is 9.52 Å². The largest absolute Gasteiger partial charge is 0.459 e. The number of hydrogen-bond acceptors (Lipinski definition) is 4. The third kappa shape index (κ3) is 2.03. The molecule has 5 heteroatoms. The van der Waals surface area contributed by atoms with Crippen LogP contribution in [-0.2, 0) is 20.6 Å². The first-order chi connectivity index (χ1) is 7.22. The second-order valence-electron chi connectivity index (χ2n) is 3.04. The lowest BCUT2D eigenvalue weighted by atomic mass is 10.3. The van der Waals surface area contributed by atoms with Crippen molar-refractivity contribution in [2.24, 2.45) is 0 Å². The molecule has 0 amide bonds. The van der Waals surface area contributed by atoms with Gasteiger partial charge in [0.25, 0.3) is 4.91 Å². The van der Waals surface area contributed by atoms with E-state index in [2.05, 4.69) is 4.72 Å².